The molecular formula is C16H30N4O2. The lowest BCUT2D eigenvalue weighted by Crippen LogP contribution is -2.50. The predicted octanol–water partition coefficient (Wildman–Crippen LogP) is 1.25. The molecule has 2 atom stereocenters. The molecule has 0 saturated heterocycles. The number of rotatable bonds is 5. The Morgan fingerprint density at radius 3 is 2.32 bits per heavy atom. The summed E-state index contributed by atoms with van der Waals surface area (Å²) in [5, 5.41) is 8.62. The van der Waals surface area contributed by atoms with Crippen LogP contribution in [0.1, 0.15) is 57.8 Å². The molecule has 6 heteroatoms. The number of hydrogen-bond acceptors (Lipinski definition) is 3. The smallest absolute Gasteiger partial charge is 0.315 e. The van der Waals surface area contributed by atoms with E-state index < -0.39 is 0 Å². The number of nitrogens with one attached hydrogen (secondary N) is 3. The molecule has 0 aromatic heterocycles. The van der Waals surface area contributed by atoms with Gasteiger partial charge in [-0.2, -0.15) is 0 Å². The quantitative estimate of drug-likeness (QED) is 0.615. The summed E-state index contributed by atoms with van der Waals surface area (Å²) in [5.74, 6) is 0.248. The van der Waals surface area contributed by atoms with Crippen LogP contribution in [0.25, 0.3) is 0 Å². The Hall–Kier alpha value is -1.30. The highest BCUT2D eigenvalue weighted by Crippen LogP contribution is 2.23. The molecule has 0 bridgehead atoms. The second-order valence-electron chi connectivity index (χ2n) is 6.62. The molecule has 0 aliphatic heterocycles. The fourth-order valence-corrected chi connectivity index (χ4v) is 3.58. The molecule has 22 heavy (non-hydrogen) atoms. The van der Waals surface area contributed by atoms with Gasteiger partial charge in [0.15, 0.2) is 0 Å². The van der Waals surface area contributed by atoms with E-state index in [0.29, 0.717) is 12.5 Å². The summed E-state index contributed by atoms with van der Waals surface area (Å²) in [5.41, 5.74) is 5.76. The monoisotopic (exact) mass is 310 g/mol. The molecule has 0 aromatic rings. The van der Waals surface area contributed by atoms with Crippen LogP contribution in [0.3, 0.4) is 0 Å². The highest BCUT2D eigenvalue weighted by Gasteiger charge is 2.25. The Morgan fingerprint density at radius 1 is 0.909 bits per heavy atom. The molecule has 0 aromatic carbocycles. The van der Waals surface area contributed by atoms with Gasteiger partial charge in [0.1, 0.15) is 0 Å². The van der Waals surface area contributed by atoms with Gasteiger partial charge in [-0.25, -0.2) is 4.79 Å². The summed E-state index contributed by atoms with van der Waals surface area (Å²) >= 11 is 0. The van der Waals surface area contributed by atoms with E-state index in [1.54, 1.807) is 0 Å². The third-order valence-corrected chi connectivity index (χ3v) is 4.91. The highest BCUT2D eigenvalue weighted by molar-refractivity contribution is 5.84. The zero-order valence-electron chi connectivity index (χ0n) is 13.4. The van der Waals surface area contributed by atoms with E-state index in [1.165, 1.54) is 25.7 Å². The van der Waals surface area contributed by atoms with E-state index in [0.717, 1.165) is 32.1 Å². The van der Waals surface area contributed by atoms with Crippen LogP contribution >= 0.6 is 0 Å². The molecule has 2 rings (SSSR count). The van der Waals surface area contributed by atoms with Gasteiger partial charge in [0.2, 0.25) is 5.91 Å². The van der Waals surface area contributed by atoms with Crippen LogP contribution in [0.4, 0.5) is 4.79 Å². The molecule has 5 N–H and O–H groups in total. The van der Waals surface area contributed by atoms with Gasteiger partial charge < -0.3 is 21.7 Å². The first-order valence-corrected chi connectivity index (χ1v) is 8.73. The average Bonchev–Trinajstić information content (AvgIpc) is 2.54. The van der Waals surface area contributed by atoms with Gasteiger partial charge in [-0.1, -0.05) is 32.1 Å². The molecule has 2 aliphatic rings. The minimum atomic E-state index is -0.235. The maximum Gasteiger partial charge on any atom is 0.315 e. The van der Waals surface area contributed by atoms with Gasteiger partial charge in [-0.3, -0.25) is 4.79 Å². The van der Waals surface area contributed by atoms with Crippen LogP contribution in [0.5, 0.6) is 0 Å². The molecule has 2 aliphatic carbocycles. The second kappa shape index (κ2) is 8.98. The highest BCUT2D eigenvalue weighted by atomic mass is 16.2. The molecule has 2 fully saturated rings. The van der Waals surface area contributed by atoms with Crippen LogP contribution in [0.15, 0.2) is 0 Å². The van der Waals surface area contributed by atoms with Crippen molar-refractivity contribution in [1.82, 2.24) is 16.0 Å². The summed E-state index contributed by atoms with van der Waals surface area (Å²) in [4.78, 5) is 23.8. The maximum atomic E-state index is 12.0. The van der Waals surface area contributed by atoms with Crippen LogP contribution < -0.4 is 21.7 Å². The van der Waals surface area contributed by atoms with Crippen LogP contribution in [-0.4, -0.2) is 37.1 Å². The van der Waals surface area contributed by atoms with Crippen LogP contribution in [-0.2, 0) is 4.79 Å². The van der Waals surface area contributed by atoms with Crippen molar-refractivity contribution in [3.63, 3.8) is 0 Å². The third-order valence-electron chi connectivity index (χ3n) is 4.91. The molecule has 2 unspecified atom stereocenters. The summed E-state index contributed by atoms with van der Waals surface area (Å²) in [6.07, 6.45) is 10.1. The molecule has 6 nitrogen and oxygen atoms in total. The van der Waals surface area contributed by atoms with Gasteiger partial charge in [-0.15, -0.1) is 0 Å². The Balaban J connectivity index is 1.64. The minimum absolute atomic E-state index is 0.0341. The number of amides is 3. The van der Waals surface area contributed by atoms with E-state index in [-0.39, 0.29) is 30.6 Å². The van der Waals surface area contributed by atoms with E-state index in [4.69, 9.17) is 5.73 Å². The van der Waals surface area contributed by atoms with Crippen molar-refractivity contribution in [1.29, 1.82) is 0 Å². The van der Waals surface area contributed by atoms with Crippen molar-refractivity contribution < 1.29 is 9.59 Å². The molecule has 2 saturated carbocycles. The van der Waals surface area contributed by atoms with Gasteiger partial charge in [-0.05, 0) is 38.1 Å². The van der Waals surface area contributed by atoms with Gasteiger partial charge in [0.25, 0.3) is 0 Å². The second-order valence-corrected chi connectivity index (χ2v) is 6.62. The Labute approximate surface area is 133 Å². The summed E-state index contributed by atoms with van der Waals surface area (Å²) in [6.45, 7) is 0.646. The lowest BCUT2D eigenvalue weighted by atomic mass is 9.84. The summed E-state index contributed by atoms with van der Waals surface area (Å²) in [7, 11) is 0. The zero-order valence-corrected chi connectivity index (χ0v) is 13.4. The molecular weight excluding hydrogens is 280 g/mol. The minimum Gasteiger partial charge on any atom is -0.352 e. The Morgan fingerprint density at radius 2 is 1.59 bits per heavy atom. The normalized spacial score (nSPS) is 26.2. The van der Waals surface area contributed by atoms with Crippen molar-refractivity contribution in [2.75, 3.05) is 13.1 Å². The van der Waals surface area contributed by atoms with Crippen molar-refractivity contribution in [2.45, 2.75) is 69.9 Å². The first-order valence-electron chi connectivity index (χ1n) is 8.73. The van der Waals surface area contributed by atoms with E-state index >= 15 is 0 Å². The number of nitrogens with two attached hydrogens (primary N) is 1. The maximum absolute atomic E-state index is 12.0. The van der Waals surface area contributed by atoms with Gasteiger partial charge in [0.05, 0.1) is 6.54 Å². The number of carbonyl (C=O) groups is 2. The van der Waals surface area contributed by atoms with Crippen LogP contribution in [0, 0.1) is 5.92 Å². The largest absolute Gasteiger partial charge is 0.352 e. The van der Waals surface area contributed by atoms with Gasteiger partial charge in [0, 0.05) is 12.1 Å². The van der Waals surface area contributed by atoms with Crippen molar-refractivity contribution >= 4 is 11.9 Å². The Kier molecular flexibility index (Phi) is 6.96. The standard InChI is InChI=1S/C16H30N4O2/c17-10-12-6-4-5-9-14(12)20-15(21)11-18-16(22)19-13-7-2-1-3-8-13/h12-14H,1-11,17H2,(H,20,21)(H2,18,19,22). The number of hydrogen-bond donors (Lipinski definition) is 4. The molecule has 0 spiro atoms. The first-order chi connectivity index (χ1) is 10.7. The van der Waals surface area contributed by atoms with Crippen molar-refractivity contribution in [2.24, 2.45) is 11.7 Å². The van der Waals surface area contributed by atoms with Crippen molar-refractivity contribution in [3.8, 4) is 0 Å². The van der Waals surface area contributed by atoms with E-state index in [1.807, 2.05) is 0 Å². The SMILES string of the molecule is NCC1CCCCC1NC(=O)CNC(=O)NC1CCCCC1. The van der Waals surface area contributed by atoms with Crippen LogP contribution in [0.2, 0.25) is 0 Å². The molecule has 0 radical (unpaired) electrons. The first kappa shape index (κ1) is 17.1. The number of urea groups is 1. The molecule has 3 amide bonds. The Bertz CT molecular complexity index is 369. The summed E-state index contributed by atoms with van der Waals surface area (Å²) in [6, 6.07) is 0.187. The van der Waals surface area contributed by atoms with Gasteiger partial charge >= 0.3 is 6.03 Å². The average molecular weight is 310 g/mol. The molecule has 0 heterocycles. The van der Waals surface area contributed by atoms with Crippen molar-refractivity contribution in [3.05, 3.63) is 0 Å². The topological polar surface area (TPSA) is 96.2 Å². The van der Waals surface area contributed by atoms with E-state index in [9.17, 15) is 9.59 Å². The zero-order chi connectivity index (χ0) is 15.8. The number of carbonyl (C=O) groups excluding carboxylic acids is 2. The lowest BCUT2D eigenvalue weighted by Gasteiger charge is -2.31. The van der Waals surface area contributed by atoms with E-state index in [2.05, 4.69) is 16.0 Å². The third kappa shape index (κ3) is 5.48. The molecule has 126 valence electrons. The predicted molar refractivity (Wildman–Crippen MR) is 86.4 cm³/mol. The summed E-state index contributed by atoms with van der Waals surface area (Å²) < 4.78 is 0. The fourth-order valence-electron chi connectivity index (χ4n) is 3.58. The fraction of sp³-hybridized carbons (Fsp3) is 0.875. The lowest BCUT2D eigenvalue weighted by molar-refractivity contribution is -0.121.